The maximum atomic E-state index is 6.55. The first-order valence-corrected chi connectivity index (χ1v) is 10.5. The number of fused-ring (bicyclic) bond motifs is 2. The molecule has 24 heavy (non-hydrogen) atoms. The van der Waals surface area contributed by atoms with Crippen LogP contribution < -0.4 is 0 Å². The maximum Gasteiger partial charge on any atom is 0.188 e. The molecule has 6 saturated carbocycles. The van der Waals surface area contributed by atoms with Crippen LogP contribution in [0.3, 0.4) is 0 Å². The molecule has 0 N–H and O–H groups in total. The molecule has 10 rings (SSSR count). The van der Waals surface area contributed by atoms with Crippen molar-refractivity contribution in [1.29, 1.82) is 0 Å². The van der Waals surface area contributed by atoms with E-state index in [0.29, 0.717) is 12.2 Å². The van der Waals surface area contributed by atoms with E-state index in [1.54, 1.807) is 0 Å². The van der Waals surface area contributed by atoms with Crippen molar-refractivity contribution in [1.82, 2.24) is 0 Å². The second-order valence-corrected chi connectivity index (χ2v) is 10.9. The Labute approximate surface area is 140 Å². The van der Waals surface area contributed by atoms with Crippen LogP contribution in [-0.2, 0) is 18.9 Å². The predicted octanol–water partition coefficient (Wildman–Crippen LogP) is 1.78. The van der Waals surface area contributed by atoms with Gasteiger partial charge in [-0.1, -0.05) is 0 Å². The Morgan fingerprint density at radius 1 is 0.542 bits per heavy atom. The van der Waals surface area contributed by atoms with Crippen LogP contribution in [0.2, 0.25) is 0 Å². The highest BCUT2D eigenvalue weighted by Gasteiger charge is 2.96. The summed E-state index contributed by atoms with van der Waals surface area (Å²) in [5.74, 6) is 8.14. The van der Waals surface area contributed by atoms with E-state index in [0.717, 1.165) is 59.2 Å². The molecule has 0 bridgehead atoms. The van der Waals surface area contributed by atoms with Crippen molar-refractivity contribution < 1.29 is 18.9 Å². The van der Waals surface area contributed by atoms with Gasteiger partial charge >= 0.3 is 0 Å². The summed E-state index contributed by atoms with van der Waals surface area (Å²) in [6.07, 6.45) is 6.57. The Kier molecular flexibility index (Phi) is 1.37. The molecule has 126 valence electrons. The molecular formula is C20H22O4. The molecule has 0 radical (unpaired) electrons. The molecule has 10 aliphatic rings. The summed E-state index contributed by atoms with van der Waals surface area (Å²) < 4.78 is 26.2. The van der Waals surface area contributed by atoms with Gasteiger partial charge in [0.05, 0.1) is 12.2 Å². The fraction of sp³-hybridized carbons (Fsp3) is 1.00. The lowest BCUT2D eigenvalue weighted by Crippen LogP contribution is -2.47. The molecule has 16 atom stereocenters. The van der Waals surface area contributed by atoms with Gasteiger partial charge in [0.25, 0.3) is 0 Å². The SMILES string of the molecule is C1C[C@@H]2O[C@H]3O[C@@]34[C@H]3[C@@H]5[C@H]6[C@H]7[C@H]8[C@H](CC[C@@H]8O[C@@H]8O[C@@]87[C@@H]5[C@H]1[C@@H]32)[C@@H]64. The van der Waals surface area contributed by atoms with Crippen LogP contribution in [0.5, 0.6) is 0 Å². The van der Waals surface area contributed by atoms with Gasteiger partial charge < -0.3 is 18.9 Å². The summed E-state index contributed by atoms with van der Waals surface area (Å²) in [7, 11) is 0. The smallest absolute Gasteiger partial charge is 0.188 e. The van der Waals surface area contributed by atoms with Gasteiger partial charge in [-0.05, 0) is 61.2 Å². The summed E-state index contributed by atoms with van der Waals surface area (Å²) in [5, 5.41) is 0. The number of epoxide rings is 2. The fourth-order valence-corrected chi connectivity index (χ4v) is 11.4. The van der Waals surface area contributed by atoms with Crippen molar-refractivity contribution in [2.24, 2.45) is 59.2 Å². The third-order valence-corrected chi connectivity index (χ3v) is 11.2. The van der Waals surface area contributed by atoms with Crippen LogP contribution in [0.15, 0.2) is 0 Å². The van der Waals surface area contributed by atoms with Gasteiger partial charge in [-0.15, -0.1) is 0 Å². The van der Waals surface area contributed by atoms with Crippen LogP contribution in [0.1, 0.15) is 25.7 Å². The minimum Gasteiger partial charge on any atom is -0.346 e. The molecule has 0 aromatic heterocycles. The first-order valence-electron chi connectivity index (χ1n) is 10.5. The van der Waals surface area contributed by atoms with E-state index in [4.69, 9.17) is 18.9 Å². The quantitative estimate of drug-likeness (QED) is 0.637. The number of ether oxygens (including phenoxy) is 4. The highest BCUT2D eigenvalue weighted by molar-refractivity contribution is 5.40. The lowest BCUT2D eigenvalue weighted by Gasteiger charge is -2.38. The topological polar surface area (TPSA) is 43.5 Å². The zero-order valence-electron chi connectivity index (χ0n) is 13.5. The molecule has 2 spiro atoms. The Balaban J connectivity index is 1.32. The van der Waals surface area contributed by atoms with E-state index in [9.17, 15) is 0 Å². The van der Waals surface area contributed by atoms with Gasteiger partial charge in [0.15, 0.2) is 12.6 Å². The molecule has 4 heteroatoms. The van der Waals surface area contributed by atoms with E-state index in [-0.39, 0.29) is 23.8 Å². The summed E-state index contributed by atoms with van der Waals surface area (Å²) in [4.78, 5) is 0. The zero-order valence-corrected chi connectivity index (χ0v) is 13.5. The first kappa shape index (κ1) is 11.5. The van der Waals surface area contributed by atoms with Gasteiger partial charge in [0.1, 0.15) is 11.2 Å². The molecule has 4 saturated heterocycles. The summed E-state index contributed by atoms with van der Waals surface area (Å²) >= 11 is 0. The van der Waals surface area contributed by atoms with E-state index >= 15 is 0 Å². The van der Waals surface area contributed by atoms with Crippen molar-refractivity contribution in [3.05, 3.63) is 0 Å². The average Bonchev–Trinajstić information content (AvgIpc) is 3.01. The van der Waals surface area contributed by atoms with E-state index in [1.165, 1.54) is 25.7 Å². The Morgan fingerprint density at radius 2 is 1.04 bits per heavy atom. The van der Waals surface area contributed by atoms with E-state index < -0.39 is 0 Å². The van der Waals surface area contributed by atoms with Crippen molar-refractivity contribution >= 4 is 0 Å². The molecular weight excluding hydrogens is 304 g/mol. The number of hydrogen-bond acceptors (Lipinski definition) is 4. The molecule has 4 nitrogen and oxygen atoms in total. The van der Waals surface area contributed by atoms with Crippen LogP contribution in [-0.4, -0.2) is 36.0 Å². The summed E-state index contributed by atoms with van der Waals surface area (Å²) in [6, 6.07) is 0. The molecule has 6 aliphatic carbocycles. The van der Waals surface area contributed by atoms with E-state index in [1.807, 2.05) is 0 Å². The van der Waals surface area contributed by atoms with Crippen molar-refractivity contribution in [3.63, 3.8) is 0 Å². The monoisotopic (exact) mass is 326 g/mol. The zero-order chi connectivity index (χ0) is 14.7. The van der Waals surface area contributed by atoms with Gasteiger partial charge in [-0.2, -0.15) is 0 Å². The molecule has 4 aliphatic heterocycles. The lowest BCUT2D eigenvalue weighted by molar-refractivity contribution is -0.0794. The predicted molar refractivity (Wildman–Crippen MR) is 78.3 cm³/mol. The average molecular weight is 326 g/mol. The fourth-order valence-electron chi connectivity index (χ4n) is 11.4. The molecule has 0 unspecified atom stereocenters. The normalized spacial score (nSPS) is 87.0. The standard InChI is InChI=1S/C20H22O4/c1-3-7-9-5(1)13-11-12-14(20(15(9)11)18(21-7)24-20)6-2-4-8-10(6)16(12)19(13)17(22-8)23-19/h5-18H,1-4H2/t5-,6+,7-,8-,9-,10+,11+,12+,13-,14+,15+,16+,17-,18+,19-,20+/m0/s1. The largest absolute Gasteiger partial charge is 0.346 e. The van der Waals surface area contributed by atoms with E-state index in [2.05, 4.69) is 0 Å². The third kappa shape index (κ3) is 0.758. The van der Waals surface area contributed by atoms with Gasteiger partial charge in [0.2, 0.25) is 0 Å². The molecule has 0 amide bonds. The van der Waals surface area contributed by atoms with Crippen molar-refractivity contribution in [2.75, 3.05) is 0 Å². The van der Waals surface area contributed by atoms with Crippen molar-refractivity contribution in [3.8, 4) is 0 Å². The first-order chi connectivity index (χ1) is 11.9. The highest BCUT2D eigenvalue weighted by Crippen LogP contribution is 2.89. The number of hydrogen-bond donors (Lipinski definition) is 0. The second kappa shape index (κ2) is 2.85. The van der Waals surface area contributed by atoms with Crippen LogP contribution in [0.4, 0.5) is 0 Å². The molecule has 10 fully saturated rings. The van der Waals surface area contributed by atoms with Crippen LogP contribution >= 0.6 is 0 Å². The van der Waals surface area contributed by atoms with Gasteiger partial charge in [-0.3, -0.25) is 0 Å². The van der Waals surface area contributed by atoms with Gasteiger partial charge in [0, 0.05) is 23.7 Å². The van der Waals surface area contributed by atoms with Gasteiger partial charge in [-0.25, -0.2) is 0 Å². The minimum atomic E-state index is 0.136. The Morgan fingerprint density at radius 3 is 1.54 bits per heavy atom. The lowest BCUT2D eigenvalue weighted by atomic mass is 9.70. The maximum absolute atomic E-state index is 6.55. The van der Waals surface area contributed by atoms with Crippen LogP contribution in [0, 0.1) is 59.2 Å². The summed E-state index contributed by atoms with van der Waals surface area (Å²) in [6.45, 7) is 0. The molecule has 0 aromatic carbocycles. The van der Waals surface area contributed by atoms with Crippen LogP contribution in [0.25, 0.3) is 0 Å². The second-order valence-electron chi connectivity index (χ2n) is 10.9. The Bertz CT molecular complexity index is 692. The van der Waals surface area contributed by atoms with Crippen molar-refractivity contribution in [2.45, 2.75) is 61.7 Å². The Hall–Kier alpha value is -0.160. The molecule has 0 aromatic rings. The number of rotatable bonds is 0. The highest BCUT2D eigenvalue weighted by atomic mass is 16.8. The third-order valence-electron chi connectivity index (χ3n) is 11.2. The molecule has 4 heterocycles. The summed E-state index contributed by atoms with van der Waals surface area (Å²) in [5.41, 5.74) is 0.271. The minimum absolute atomic E-state index is 0.136.